The van der Waals surface area contributed by atoms with Crippen LogP contribution in [0.2, 0.25) is 0 Å². The third-order valence-corrected chi connectivity index (χ3v) is 5.18. The van der Waals surface area contributed by atoms with Gasteiger partial charge in [-0.25, -0.2) is 0 Å². The molecule has 0 unspecified atom stereocenters. The van der Waals surface area contributed by atoms with Gasteiger partial charge in [0, 0.05) is 29.8 Å². The van der Waals surface area contributed by atoms with E-state index in [0.717, 1.165) is 28.1 Å². The van der Waals surface area contributed by atoms with Gasteiger partial charge in [0.25, 0.3) is 5.91 Å². The molecule has 0 bridgehead atoms. The van der Waals surface area contributed by atoms with Gasteiger partial charge >= 0.3 is 0 Å². The van der Waals surface area contributed by atoms with Gasteiger partial charge in [0.2, 0.25) is 5.91 Å². The number of carbonyl (C=O) groups is 2. The molecule has 2 heterocycles. The van der Waals surface area contributed by atoms with Crippen LogP contribution in [0.3, 0.4) is 0 Å². The zero-order chi connectivity index (χ0) is 19.0. The highest BCUT2D eigenvalue weighted by Crippen LogP contribution is 2.34. The molecule has 138 valence electrons. The number of anilines is 1. The third kappa shape index (κ3) is 3.21. The van der Waals surface area contributed by atoms with Crippen LogP contribution in [0, 0.1) is 6.92 Å². The number of hydrogen-bond acceptors (Lipinski definition) is 3. The predicted molar refractivity (Wildman–Crippen MR) is 104 cm³/mol. The SMILES string of the molecule is Cc1ccccc1NC(=O)[C@@H](C1=Cc2ccccc2O[C@@H]1C)N1CCC1=O. The fourth-order valence-electron chi connectivity index (χ4n) is 3.56. The summed E-state index contributed by atoms with van der Waals surface area (Å²) in [5.74, 6) is 0.576. The molecular formula is C22H22N2O3. The molecule has 2 aliphatic rings. The first-order chi connectivity index (χ1) is 13.0. The number of β-lactam (4-membered cyclic amide) rings is 1. The number of amides is 2. The van der Waals surface area contributed by atoms with Crippen LogP contribution in [0.4, 0.5) is 5.69 Å². The van der Waals surface area contributed by atoms with Crippen LogP contribution in [0.25, 0.3) is 6.08 Å². The molecule has 1 fully saturated rings. The first-order valence-corrected chi connectivity index (χ1v) is 9.18. The quantitative estimate of drug-likeness (QED) is 0.848. The molecule has 2 amide bonds. The summed E-state index contributed by atoms with van der Waals surface area (Å²) < 4.78 is 6.02. The van der Waals surface area contributed by atoms with Crippen LogP contribution in [0.15, 0.2) is 54.1 Å². The van der Waals surface area contributed by atoms with Gasteiger partial charge in [-0.1, -0.05) is 36.4 Å². The van der Waals surface area contributed by atoms with Crippen molar-refractivity contribution in [2.45, 2.75) is 32.4 Å². The van der Waals surface area contributed by atoms with Gasteiger partial charge in [-0.15, -0.1) is 0 Å². The van der Waals surface area contributed by atoms with E-state index in [4.69, 9.17) is 4.74 Å². The maximum Gasteiger partial charge on any atom is 0.251 e. The largest absolute Gasteiger partial charge is 0.486 e. The summed E-state index contributed by atoms with van der Waals surface area (Å²) in [4.78, 5) is 27.0. The topological polar surface area (TPSA) is 58.6 Å². The Morgan fingerprint density at radius 3 is 2.63 bits per heavy atom. The maximum atomic E-state index is 13.2. The van der Waals surface area contributed by atoms with Crippen molar-refractivity contribution in [3.8, 4) is 5.75 Å². The number of benzene rings is 2. The average molecular weight is 362 g/mol. The van der Waals surface area contributed by atoms with E-state index >= 15 is 0 Å². The van der Waals surface area contributed by atoms with Gasteiger partial charge in [0.05, 0.1) is 0 Å². The lowest BCUT2D eigenvalue weighted by atomic mass is 9.92. The number of carbonyl (C=O) groups excluding carboxylic acids is 2. The Morgan fingerprint density at radius 1 is 1.19 bits per heavy atom. The van der Waals surface area contributed by atoms with Gasteiger partial charge in [0.1, 0.15) is 17.9 Å². The molecule has 2 aromatic carbocycles. The number of ether oxygens (including phenoxy) is 1. The zero-order valence-electron chi connectivity index (χ0n) is 15.4. The number of aryl methyl sites for hydroxylation is 1. The van der Waals surface area contributed by atoms with E-state index in [1.165, 1.54) is 0 Å². The second-order valence-corrected chi connectivity index (χ2v) is 6.99. The van der Waals surface area contributed by atoms with Gasteiger partial charge in [0.15, 0.2) is 0 Å². The van der Waals surface area contributed by atoms with Crippen LogP contribution >= 0.6 is 0 Å². The molecule has 0 aliphatic carbocycles. The Hall–Kier alpha value is -3.08. The normalized spacial score (nSPS) is 19.3. The minimum absolute atomic E-state index is 0.00751. The van der Waals surface area contributed by atoms with Crippen molar-refractivity contribution in [2.24, 2.45) is 0 Å². The summed E-state index contributed by atoms with van der Waals surface area (Å²) in [6.07, 6.45) is 2.17. The highest BCUT2D eigenvalue weighted by Gasteiger charge is 2.41. The van der Waals surface area contributed by atoms with Crippen molar-refractivity contribution in [3.63, 3.8) is 0 Å². The van der Waals surface area contributed by atoms with E-state index in [9.17, 15) is 9.59 Å². The van der Waals surface area contributed by atoms with Crippen LogP contribution in [0.5, 0.6) is 5.75 Å². The van der Waals surface area contributed by atoms with E-state index in [1.54, 1.807) is 4.90 Å². The standard InChI is InChI=1S/C22H22N2O3/c1-14-7-3-5-9-18(14)23-22(26)21(24-12-11-20(24)25)17-13-16-8-4-6-10-19(16)27-15(17)2/h3-10,13,15,21H,11-12H2,1-2H3,(H,23,26)/t15-,21-/m1/s1. The summed E-state index contributed by atoms with van der Waals surface area (Å²) in [5.41, 5.74) is 3.46. The number of rotatable bonds is 4. The Bertz CT molecular complexity index is 935. The predicted octanol–water partition coefficient (Wildman–Crippen LogP) is 3.40. The Balaban J connectivity index is 1.70. The van der Waals surface area contributed by atoms with Crippen molar-refractivity contribution in [1.29, 1.82) is 0 Å². The minimum Gasteiger partial charge on any atom is -0.486 e. The highest BCUT2D eigenvalue weighted by atomic mass is 16.5. The molecule has 0 radical (unpaired) electrons. The summed E-state index contributed by atoms with van der Waals surface area (Å²) in [5, 5.41) is 2.99. The van der Waals surface area contributed by atoms with Crippen molar-refractivity contribution in [3.05, 3.63) is 65.2 Å². The number of fused-ring (bicyclic) bond motifs is 1. The second kappa shape index (κ2) is 6.91. The van der Waals surface area contributed by atoms with Crippen LogP contribution in [0.1, 0.15) is 24.5 Å². The first-order valence-electron chi connectivity index (χ1n) is 9.18. The smallest absolute Gasteiger partial charge is 0.251 e. The van der Waals surface area contributed by atoms with Gasteiger partial charge in [-0.05, 0) is 37.6 Å². The van der Waals surface area contributed by atoms with Gasteiger partial charge < -0.3 is 15.0 Å². The number of nitrogens with one attached hydrogen (secondary N) is 1. The molecule has 1 N–H and O–H groups in total. The lowest BCUT2D eigenvalue weighted by molar-refractivity contribution is -0.146. The van der Waals surface area contributed by atoms with Crippen LogP contribution < -0.4 is 10.1 Å². The van der Waals surface area contributed by atoms with Crippen LogP contribution in [-0.4, -0.2) is 35.4 Å². The minimum atomic E-state index is -0.672. The molecule has 0 aromatic heterocycles. The molecule has 1 saturated heterocycles. The maximum absolute atomic E-state index is 13.2. The fourth-order valence-corrected chi connectivity index (χ4v) is 3.56. The Kier molecular flexibility index (Phi) is 4.44. The average Bonchev–Trinajstić information content (AvgIpc) is 2.66. The van der Waals surface area contributed by atoms with Crippen molar-refractivity contribution >= 4 is 23.6 Å². The highest BCUT2D eigenvalue weighted by molar-refractivity contribution is 6.01. The molecule has 5 heteroatoms. The third-order valence-electron chi connectivity index (χ3n) is 5.18. The number of hydrogen-bond donors (Lipinski definition) is 1. The Labute approximate surface area is 158 Å². The molecule has 4 rings (SSSR count). The molecule has 2 atom stereocenters. The second-order valence-electron chi connectivity index (χ2n) is 6.99. The number of nitrogens with zero attached hydrogens (tertiary/aromatic N) is 1. The van der Waals surface area contributed by atoms with E-state index in [0.29, 0.717) is 13.0 Å². The van der Waals surface area contributed by atoms with E-state index < -0.39 is 6.04 Å². The zero-order valence-corrected chi connectivity index (χ0v) is 15.4. The lowest BCUT2D eigenvalue weighted by Crippen LogP contribution is -2.57. The van der Waals surface area contributed by atoms with E-state index in [2.05, 4.69) is 5.32 Å². The summed E-state index contributed by atoms with van der Waals surface area (Å²) in [6.45, 7) is 4.44. The number of likely N-dealkylation sites (tertiary alicyclic amines) is 1. The number of para-hydroxylation sites is 2. The molecule has 5 nitrogen and oxygen atoms in total. The molecule has 0 spiro atoms. The molecular weight excluding hydrogens is 340 g/mol. The molecule has 0 saturated carbocycles. The van der Waals surface area contributed by atoms with Crippen LogP contribution in [-0.2, 0) is 9.59 Å². The van der Waals surface area contributed by atoms with Crippen molar-refractivity contribution < 1.29 is 14.3 Å². The molecule has 27 heavy (non-hydrogen) atoms. The summed E-state index contributed by atoms with van der Waals surface area (Å²) >= 11 is 0. The fraction of sp³-hybridized carbons (Fsp3) is 0.273. The summed E-state index contributed by atoms with van der Waals surface area (Å²) in [7, 11) is 0. The lowest BCUT2D eigenvalue weighted by Gasteiger charge is -2.40. The molecule has 2 aromatic rings. The summed E-state index contributed by atoms with van der Waals surface area (Å²) in [6, 6.07) is 14.7. The van der Waals surface area contributed by atoms with Crippen molar-refractivity contribution in [1.82, 2.24) is 4.90 Å². The van der Waals surface area contributed by atoms with Gasteiger partial charge in [-0.2, -0.15) is 0 Å². The van der Waals surface area contributed by atoms with E-state index in [1.807, 2.05) is 68.5 Å². The van der Waals surface area contributed by atoms with Crippen molar-refractivity contribution in [2.75, 3.05) is 11.9 Å². The first kappa shape index (κ1) is 17.3. The van der Waals surface area contributed by atoms with Gasteiger partial charge in [-0.3, -0.25) is 9.59 Å². The molecule has 2 aliphatic heterocycles. The monoisotopic (exact) mass is 362 g/mol. The van der Waals surface area contributed by atoms with E-state index in [-0.39, 0.29) is 17.9 Å². The Morgan fingerprint density at radius 2 is 1.93 bits per heavy atom.